The summed E-state index contributed by atoms with van der Waals surface area (Å²) in [6, 6.07) is 8.33. The molecule has 0 saturated carbocycles. The average Bonchev–Trinajstić information content (AvgIpc) is 2.90. The number of ether oxygens (including phenoxy) is 2. The molecule has 1 atom stereocenters. The molecule has 0 heterocycles. The van der Waals surface area contributed by atoms with E-state index in [0.29, 0.717) is 17.5 Å². The number of hydrogen-bond acceptors (Lipinski definition) is 5. The van der Waals surface area contributed by atoms with Crippen molar-refractivity contribution in [3.8, 4) is 5.75 Å². The van der Waals surface area contributed by atoms with E-state index in [1.165, 1.54) is 24.3 Å². The molecule has 0 fully saturated rings. The third-order valence-electron chi connectivity index (χ3n) is 7.60. The van der Waals surface area contributed by atoms with Crippen LogP contribution in [0.3, 0.4) is 0 Å². The van der Waals surface area contributed by atoms with Crippen molar-refractivity contribution in [2.45, 2.75) is 129 Å². The van der Waals surface area contributed by atoms with Gasteiger partial charge in [0.2, 0.25) is 7.37 Å². The predicted octanol–water partition coefficient (Wildman–Crippen LogP) is 10.8. The maximum absolute atomic E-state index is 14.2. The molecule has 2 aromatic rings. The Labute approximate surface area is 280 Å². The Morgan fingerprint density at radius 2 is 1.29 bits per heavy atom. The zero-order valence-electron chi connectivity index (χ0n) is 29.5. The summed E-state index contributed by atoms with van der Waals surface area (Å²) in [7, 11) is -3.34. The van der Waals surface area contributed by atoms with Gasteiger partial charge < -0.3 is 19.3 Å². The summed E-state index contributed by atoms with van der Waals surface area (Å²) in [4.78, 5) is 12.8. The zero-order valence-corrected chi connectivity index (χ0v) is 30.4. The van der Waals surface area contributed by atoms with E-state index >= 15 is 0 Å². The second kappa shape index (κ2) is 15.0. The quantitative estimate of drug-likeness (QED) is 0.135. The van der Waals surface area contributed by atoms with Crippen molar-refractivity contribution >= 4 is 13.5 Å². The van der Waals surface area contributed by atoms with Crippen LogP contribution in [-0.2, 0) is 39.0 Å². The molecule has 0 saturated heterocycles. The van der Waals surface area contributed by atoms with Crippen molar-refractivity contribution in [2.75, 3.05) is 13.2 Å². The molecule has 0 spiro atoms. The Morgan fingerprint density at radius 1 is 0.750 bits per heavy atom. The van der Waals surface area contributed by atoms with Crippen LogP contribution in [0.25, 0.3) is 0 Å². The average molecular weight is 710 g/mol. The number of alkyl carbamates (subject to hydrolysis) is 1. The molecule has 0 bridgehead atoms. The van der Waals surface area contributed by atoms with E-state index in [1.807, 2.05) is 41.5 Å². The highest BCUT2D eigenvalue weighted by Crippen LogP contribution is 2.67. The third kappa shape index (κ3) is 12.0. The molecular formula is C35H50F6NO5P. The maximum atomic E-state index is 14.2. The first-order valence-corrected chi connectivity index (χ1v) is 17.4. The van der Waals surface area contributed by atoms with E-state index in [4.69, 9.17) is 14.0 Å². The molecule has 6 nitrogen and oxygen atoms in total. The van der Waals surface area contributed by atoms with Gasteiger partial charge in [0.05, 0.1) is 29.9 Å². The SMILES string of the molecule is CC(C)(C)OC(=O)N[C@@](C)(CCc1ccc(OCCCc2ccc(C(F)(F)F)cc2)c(C(F)(F)F)c1)COP(=O)(C(C)(C)C)C(C)(C)C. The van der Waals surface area contributed by atoms with Crippen LogP contribution < -0.4 is 10.1 Å². The number of carbonyl (C=O) groups is 1. The van der Waals surface area contributed by atoms with Crippen LogP contribution in [0, 0.1) is 0 Å². The largest absolute Gasteiger partial charge is 0.493 e. The number of carbonyl (C=O) groups excluding carboxylic acids is 1. The van der Waals surface area contributed by atoms with Gasteiger partial charge >= 0.3 is 18.4 Å². The van der Waals surface area contributed by atoms with Crippen molar-refractivity contribution in [3.05, 3.63) is 64.7 Å². The fourth-order valence-electron chi connectivity index (χ4n) is 5.17. The number of hydrogen-bond donors (Lipinski definition) is 1. The first kappa shape index (κ1) is 41.5. The topological polar surface area (TPSA) is 73.9 Å². The molecule has 2 rings (SSSR count). The summed E-state index contributed by atoms with van der Waals surface area (Å²) < 4.78 is 112. The molecule has 1 amide bonds. The molecule has 2 aromatic carbocycles. The summed E-state index contributed by atoms with van der Waals surface area (Å²) in [5.41, 5.74) is -2.80. The highest BCUT2D eigenvalue weighted by Gasteiger charge is 2.49. The predicted molar refractivity (Wildman–Crippen MR) is 176 cm³/mol. The fraction of sp³-hybridized carbons (Fsp3) is 0.629. The van der Waals surface area contributed by atoms with Crippen LogP contribution in [0.4, 0.5) is 31.1 Å². The second-order valence-corrected chi connectivity index (χ2v) is 19.4. The van der Waals surface area contributed by atoms with Gasteiger partial charge in [0.15, 0.2) is 0 Å². The smallest absolute Gasteiger partial charge is 0.419 e. The molecule has 0 aliphatic rings. The zero-order chi connectivity index (χ0) is 37.0. The van der Waals surface area contributed by atoms with Gasteiger partial charge in [0, 0.05) is 10.3 Å². The van der Waals surface area contributed by atoms with E-state index in [0.717, 1.165) is 18.2 Å². The third-order valence-corrected chi connectivity index (χ3v) is 11.6. The van der Waals surface area contributed by atoms with Crippen LogP contribution in [0.2, 0.25) is 0 Å². The van der Waals surface area contributed by atoms with Crippen molar-refractivity contribution in [2.24, 2.45) is 0 Å². The maximum Gasteiger partial charge on any atom is 0.419 e. The van der Waals surface area contributed by atoms with Crippen molar-refractivity contribution in [1.29, 1.82) is 0 Å². The van der Waals surface area contributed by atoms with Crippen LogP contribution in [-0.4, -0.2) is 40.8 Å². The Balaban J connectivity index is 2.23. The second-order valence-electron chi connectivity index (χ2n) is 15.3. The molecule has 272 valence electrons. The van der Waals surface area contributed by atoms with Crippen LogP contribution in [0.15, 0.2) is 42.5 Å². The van der Waals surface area contributed by atoms with Crippen LogP contribution in [0.5, 0.6) is 5.75 Å². The highest BCUT2D eigenvalue weighted by molar-refractivity contribution is 7.62. The van der Waals surface area contributed by atoms with Gasteiger partial charge in [0.25, 0.3) is 0 Å². The van der Waals surface area contributed by atoms with Crippen molar-refractivity contribution < 1.29 is 49.7 Å². The van der Waals surface area contributed by atoms with Crippen molar-refractivity contribution in [1.82, 2.24) is 5.32 Å². The monoisotopic (exact) mass is 709 g/mol. The summed E-state index contributed by atoms with van der Waals surface area (Å²) >= 11 is 0. The summed E-state index contributed by atoms with van der Waals surface area (Å²) in [6.45, 7) is 17.4. The lowest BCUT2D eigenvalue weighted by atomic mass is 9.93. The first-order chi connectivity index (χ1) is 21.6. The minimum Gasteiger partial charge on any atom is -0.493 e. The Bertz CT molecular complexity index is 1400. The summed E-state index contributed by atoms with van der Waals surface area (Å²) in [6.07, 6.45) is -9.09. The molecule has 0 aliphatic carbocycles. The van der Waals surface area contributed by atoms with Gasteiger partial charge in [-0.2, -0.15) is 26.3 Å². The normalized spacial score (nSPS) is 14.8. The highest BCUT2D eigenvalue weighted by atomic mass is 31.2. The van der Waals surface area contributed by atoms with Crippen LogP contribution in [0.1, 0.15) is 104 Å². The minimum atomic E-state index is -4.73. The number of alkyl halides is 6. The van der Waals surface area contributed by atoms with Gasteiger partial charge in [0.1, 0.15) is 11.4 Å². The standard InChI is InChI=1S/C35H50F6NO5P/c1-30(2,3)47-29(43)42-33(10,23-46-48(44,31(4,5)6)32(7,8)9)20-19-25-15-18-28(27(22-25)35(39,40)41)45-21-11-12-24-13-16-26(17-14-24)34(36,37)38/h13-18,22H,11-12,19-21,23H2,1-10H3,(H,42,43)/t33-/m0/s1. The van der Waals surface area contributed by atoms with E-state index in [-0.39, 0.29) is 38.2 Å². The first-order valence-electron chi connectivity index (χ1n) is 15.8. The molecule has 0 radical (unpaired) electrons. The number of amides is 1. The molecule has 0 unspecified atom stereocenters. The molecule has 48 heavy (non-hydrogen) atoms. The Kier molecular flexibility index (Phi) is 13.0. The number of aryl methyl sites for hydroxylation is 2. The Morgan fingerprint density at radius 3 is 1.77 bits per heavy atom. The number of rotatable bonds is 12. The van der Waals surface area contributed by atoms with Gasteiger partial charge in [-0.05, 0) is 88.8 Å². The van der Waals surface area contributed by atoms with E-state index < -0.39 is 58.4 Å². The van der Waals surface area contributed by atoms with Gasteiger partial charge in [-0.15, -0.1) is 0 Å². The number of benzene rings is 2. The lowest BCUT2D eigenvalue weighted by molar-refractivity contribution is -0.139. The Hall–Kier alpha value is -2.72. The van der Waals surface area contributed by atoms with E-state index in [2.05, 4.69) is 5.32 Å². The van der Waals surface area contributed by atoms with E-state index in [1.54, 1.807) is 27.7 Å². The summed E-state index contributed by atoms with van der Waals surface area (Å²) in [5.74, 6) is -0.368. The number of nitrogens with one attached hydrogen (secondary N) is 1. The van der Waals surface area contributed by atoms with Gasteiger partial charge in [-0.3, -0.25) is 4.57 Å². The molecule has 13 heteroatoms. The van der Waals surface area contributed by atoms with E-state index in [9.17, 15) is 35.7 Å². The lowest BCUT2D eigenvalue weighted by Gasteiger charge is -2.42. The lowest BCUT2D eigenvalue weighted by Crippen LogP contribution is -2.51. The molecular weight excluding hydrogens is 659 g/mol. The van der Waals surface area contributed by atoms with Crippen LogP contribution >= 0.6 is 7.37 Å². The molecule has 1 N–H and O–H groups in total. The van der Waals surface area contributed by atoms with Crippen molar-refractivity contribution in [3.63, 3.8) is 0 Å². The number of halogens is 6. The fourth-order valence-corrected chi connectivity index (χ4v) is 8.42. The summed E-state index contributed by atoms with van der Waals surface area (Å²) in [5, 5.41) is 1.34. The minimum absolute atomic E-state index is 0.0831. The van der Waals surface area contributed by atoms with Gasteiger partial charge in [-0.1, -0.05) is 59.7 Å². The van der Waals surface area contributed by atoms with Gasteiger partial charge in [-0.25, -0.2) is 4.79 Å². The molecule has 0 aliphatic heterocycles. The molecule has 0 aromatic heterocycles.